The van der Waals surface area contributed by atoms with Gasteiger partial charge in [-0.1, -0.05) is 19.1 Å². The van der Waals surface area contributed by atoms with Crippen molar-refractivity contribution in [3.05, 3.63) is 51.2 Å². The molecule has 134 valence electrons. The summed E-state index contributed by atoms with van der Waals surface area (Å²) in [7, 11) is 0. The van der Waals surface area contributed by atoms with E-state index in [2.05, 4.69) is 15.6 Å². The molecule has 0 saturated heterocycles. The van der Waals surface area contributed by atoms with E-state index >= 15 is 0 Å². The minimum absolute atomic E-state index is 0.0249. The summed E-state index contributed by atoms with van der Waals surface area (Å²) in [6.45, 7) is 6.08. The molecule has 0 spiro atoms. The first-order valence-electron chi connectivity index (χ1n) is 8.18. The minimum atomic E-state index is -0.579. The largest absolute Gasteiger partial charge is 0.351 e. The number of hydrogen-bond acceptors (Lipinski definition) is 4. The third-order valence-electron chi connectivity index (χ3n) is 3.84. The molecule has 0 fully saturated rings. The number of nitrogens with zero attached hydrogens (tertiary/aromatic N) is 1. The highest BCUT2D eigenvalue weighted by atomic mass is 32.1. The lowest BCUT2D eigenvalue weighted by Gasteiger charge is -2.14. The molecule has 1 atom stereocenters. The predicted octanol–water partition coefficient (Wildman–Crippen LogP) is 3.29. The second-order valence-electron chi connectivity index (χ2n) is 5.71. The summed E-state index contributed by atoms with van der Waals surface area (Å²) in [5, 5.41) is 6.38. The number of thiazole rings is 1. The zero-order chi connectivity index (χ0) is 18.4. The fourth-order valence-corrected chi connectivity index (χ4v) is 3.34. The second-order valence-corrected chi connectivity index (χ2v) is 6.94. The fourth-order valence-electron chi connectivity index (χ4n) is 2.28. The zero-order valence-electron chi connectivity index (χ0n) is 14.6. The lowest BCUT2D eigenvalue weighted by atomic mass is 10.2. The van der Waals surface area contributed by atoms with Gasteiger partial charge in [-0.15, -0.1) is 11.3 Å². The molecule has 0 aliphatic carbocycles. The summed E-state index contributed by atoms with van der Waals surface area (Å²) < 4.78 is 13.5. The fraction of sp³-hybridized carbons (Fsp3) is 0.389. The van der Waals surface area contributed by atoms with Gasteiger partial charge >= 0.3 is 0 Å². The molecule has 7 heteroatoms. The number of halogens is 1. The topological polar surface area (TPSA) is 71.1 Å². The van der Waals surface area contributed by atoms with E-state index in [0.29, 0.717) is 0 Å². The first kappa shape index (κ1) is 19.1. The molecule has 2 N–H and O–H groups in total. The van der Waals surface area contributed by atoms with Gasteiger partial charge in [-0.3, -0.25) is 9.59 Å². The lowest BCUT2D eigenvalue weighted by Crippen LogP contribution is -2.33. The van der Waals surface area contributed by atoms with Crippen LogP contribution in [0, 0.1) is 19.7 Å². The van der Waals surface area contributed by atoms with Crippen molar-refractivity contribution < 1.29 is 14.0 Å². The molecule has 1 unspecified atom stereocenters. The van der Waals surface area contributed by atoms with Crippen LogP contribution in [0.3, 0.4) is 0 Å². The summed E-state index contributed by atoms with van der Waals surface area (Å²) in [5.74, 6) is -1.28. The molecule has 0 bridgehead atoms. The first-order valence-corrected chi connectivity index (χ1v) is 9.00. The highest BCUT2D eigenvalue weighted by molar-refractivity contribution is 7.11. The Kier molecular flexibility index (Phi) is 6.64. The molecule has 25 heavy (non-hydrogen) atoms. The van der Waals surface area contributed by atoms with E-state index < -0.39 is 11.7 Å². The zero-order valence-corrected chi connectivity index (χ0v) is 15.4. The standard InChI is InChI=1S/C18H22FN3O2S/c1-4-15(18-21-11(2)12(3)25-18)22-16(23)9-10-20-17(24)13-7-5-6-8-14(13)19/h5-8,15H,4,9-10H2,1-3H3,(H,20,24)(H,22,23). The maximum atomic E-state index is 13.5. The molecule has 2 amide bonds. The number of aryl methyl sites for hydroxylation is 2. The van der Waals surface area contributed by atoms with Crippen LogP contribution in [0.2, 0.25) is 0 Å². The van der Waals surface area contributed by atoms with Crippen LogP contribution in [0.4, 0.5) is 4.39 Å². The van der Waals surface area contributed by atoms with E-state index in [1.165, 1.54) is 18.2 Å². The molecule has 1 heterocycles. The van der Waals surface area contributed by atoms with Gasteiger partial charge in [0.1, 0.15) is 10.8 Å². The van der Waals surface area contributed by atoms with E-state index in [1.54, 1.807) is 17.4 Å². The molecular formula is C18H22FN3O2S. The van der Waals surface area contributed by atoms with Gasteiger partial charge in [0.05, 0.1) is 17.3 Å². The number of carbonyl (C=O) groups excluding carboxylic acids is 2. The van der Waals surface area contributed by atoms with Crippen molar-refractivity contribution in [1.29, 1.82) is 0 Å². The molecule has 0 aliphatic heterocycles. The summed E-state index contributed by atoms with van der Waals surface area (Å²) >= 11 is 1.58. The Morgan fingerprint density at radius 3 is 2.60 bits per heavy atom. The Hall–Kier alpha value is -2.28. The van der Waals surface area contributed by atoms with Crippen LogP contribution in [-0.4, -0.2) is 23.3 Å². The van der Waals surface area contributed by atoms with E-state index in [4.69, 9.17) is 0 Å². The summed E-state index contributed by atoms with van der Waals surface area (Å²) in [6.07, 6.45) is 0.861. The van der Waals surface area contributed by atoms with Crippen molar-refractivity contribution >= 4 is 23.2 Å². The molecule has 0 radical (unpaired) electrons. The molecule has 5 nitrogen and oxygen atoms in total. The Labute approximate surface area is 150 Å². The number of nitrogens with one attached hydrogen (secondary N) is 2. The number of amides is 2. The van der Waals surface area contributed by atoms with Crippen LogP contribution in [-0.2, 0) is 4.79 Å². The molecule has 1 aromatic heterocycles. The molecule has 0 aliphatic rings. The molecule has 0 saturated carbocycles. The molecule has 2 aromatic rings. The second kappa shape index (κ2) is 8.71. The average Bonchev–Trinajstić information content (AvgIpc) is 2.91. The molecule has 2 rings (SSSR count). The van der Waals surface area contributed by atoms with Gasteiger partial charge < -0.3 is 10.6 Å². The third kappa shape index (κ3) is 5.09. The Morgan fingerprint density at radius 1 is 1.28 bits per heavy atom. The highest BCUT2D eigenvalue weighted by Gasteiger charge is 2.17. The summed E-state index contributed by atoms with van der Waals surface area (Å²) in [4.78, 5) is 29.6. The van der Waals surface area contributed by atoms with Gasteiger partial charge in [-0.25, -0.2) is 9.37 Å². The van der Waals surface area contributed by atoms with Crippen molar-refractivity contribution in [2.75, 3.05) is 6.54 Å². The first-order chi connectivity index (χ1) is 11.9. The van der Waals surface area contributed by atoms with E-state index in [0.717, 1.165) is 22.0 Å². The average molecular weight is 363 g/mol. The lowest BCUT2D eigenvalue weighted by molar-refractivity contribution is -0.121. The van der Waals surface area contributed by atoms with Gasteiger partial charge in [0.25, 0.3) is 5.91 Å². The van der Waals surface area contributed by atoms with Crippen molar-refractivity contribution in [1.82, 2.24) is 15.6 Å². The molecular weight excluding hydrogens is 341 g/mol. The summed E-state index contributed by atoms with van der Waals surface area (Å²) in [6, 6.07) is 5.62. The third-order valence-corrected chi connectivity index (χ3v) is 5.03. The van der Waals surface area contributed by atoms with Crippen molar-refractivity contribution in [2.24, 2.45) is 0 Å². The Balaban J connectivity index is 1.83. The minimum Gasteiger partial charge on any atom is -0.351 e. The van der Waals surface area contributed by atoms with Crippen molar-refractivity contribution in [3.63, 3.8) is 0 Å². The van der Waals surface area contributed by atoms with Crippen LogP contribution in [0.25, 0.3) is 0 Å². The van der Waals surface area contributed by atoms with E-state index in [9.17, 15) is 14.0 Å². The highest BCUT2D eigenvalue weighted by Crippen LogP contribution is 2.24. The van der Waals surface area contributed by atoms with Gasteiger partial charge in [0.2, 0.25) is 5.91 Å². The smallest absolute Gasteiger partial charge is 0.254 e. The van der Waals surface area contributed by atoms with Gasteiger partial charge in [-0.05, 0) is 32.4 Å². The normalized spacial score (nSPS) is 11.8. The number of carbonyl (C=O) groups is 2. The number of rotatable bonds is 7. The van der Waals surface area contributed by atoms with Crippen LogP contribution in [0.15, 0.2) is 24.3 Å². The van der Waals surface area contributed by atoms with Crippen molar-refractivity contribution in [2.45, 2.75) is 39.7 Å². The number of benzene rings is 1. The number of hydrogen-bond donors (Lipinski definition) is 2. The summed E-state index contributed by atoms with van der Waals surface area (Å²) in [5.41, 5.74) is 0.952. The van der Waals surface area contributed by atoms with Crippen LogP contribution < -0.4 is 10.6 Å². The van der Waals surface area contributed by atoms with E-state index in [1.807, 2.05) is 20.8 Å². The predicted molar refractivity (Wildman–Crippen MR) is 96.1 cm³/mol. The maximum absolute atomic E-state index is 13.5. The van der Waals surface area contributed by atoms with Gasteiger partial charge in [0.15, 0.2) is 0 Å². The maximum Gasteiger partial charge on any atom is 0.254 e. The van der Waals surface area contributed by atoms with Crippen LogP contribution >= 0.6 is 11.3 Å². The Bertz CT molecular complexity index is 741. The van der Waals surface area contributed by atoms with Crippen LogP contribution in [0.5, 0.6) is 0 Å². The van der Waals surface area contributed by atoms with Crippen molar-refractivity contribution in [3.8, 4) is 0 Å². The molecule has 1 aromatic carbocycles. The number of aromatic nitrogens is 1. The SMILES string of the molecule is CCC(NC(=O)CCNC(=O)c1ccccc1F)c1nc(C)c(C)s1. The van der Waals surface area contributed by atoms with Gasteiger partial charge in [-0.2, -0.15) is 0 Å². The quantitative estimate of drug-likeness (QED) is 0.793. The van der Waals surface area contributed by atoms with E-state index in [-0.39, 0.29) is 30.5 Å². The van der Waals surface area contributed by atoms with Gasteiger partial charge in [0, 0.05) is 17.8 Å². The Morgan fingerprint density at radius 2 is 2.00 bits per heavy atom. The van der Waals surface area contributed by atoms with Crippen LogP contribution in [0.1, 0.15) is 51.7 Å². The monoisotopic (exact) mass is 363 g/mol.